The maximum absolute atomic E-state index is 12.5. The molecule has 1 amide bonds. The van der Waals surface area contributed by atoms with Gasteiger partial charge >= 0.3 is 5.97 Å². The summed E-state index contributed by atoms with van der Waals surface area (Å²) in [6.07, 6.45) is 1.34. The molecule has 1 aromatic carbocycles. The average molecular weight is 303 g/mol. The van der Waals surface area contributed by atoms with Crippen LogP contribution in [0.2, 0.25) is 0 Å². The second-order valence-electron chi connectivity index (χ2n) is 5.70. The van der Waals surface area contributed by atoms with Gasteiger partial charge in [0.2, 0.25) is 0 Å². The molecule has 118 valence electrons. The molecule has 0 radical (unpaired) electrons. The van der Waals surface area contributed by atoms with Crippen molar-refractivity contribution in [3.05, 3.63) is 42.0 Å². The molecule has 1 N–H and O–H groups in total. The zero-order valence-electron chi connectivity index (χ0n) is 12.7. The number of carboxylic acid groups (broad SMARTS) is 1. The van der Waals surface area contributed by atoms with Gasteiger partial charge in [-0.05, 0) is 43.5 Å². The standard InChI is InChI=1S/C17H21NO4/c1-12(2)11-22-15-7-3-5-13(9-15)16(19)18-8-4-6-14(10-18)17(20)21/h3,5,7,9,14H,1,4,6,8,10-11H2,2H3,(H,20,21)/t14-/m0/s1. The molecule has 0 spiro atoms. The van der Waals surface area contributed by atoms with E-state index in [-0.39, 0.29) is 12.5 Å². The minimum absolute atomic E-state index is 0.147. The average Bonchev–Trinajstić information content (AvgIpc) is 2.52. The van der Waals surface area contributed by atoms with Gasteiger partial charge in [-0.2, -0.15) is 0 Å². The van der Waals surface area contributed by atoms with E-state index in [1.807, 2.05) is 6.92 Å². The van der Waals surface area contributed by atoms with Crippen molar-refractivity contribution in [2.24, 2.45) is 5.92 Å². The number of amides is 1. The number of carbonyl (C=O) groups excluding carboxylic acids is 1. The second-order valence-corrected chi connectivity index (χ2v) is 5.70. The molecule has 2 rings (SSSR count). The molecule has 1 heterocycles. The zero-order chi connectivity index (χ0) is 16.1. The van der Waals surface area contributed by atoms with Crippen LogP contribution in [0.25, 0.3) is 0 Å². The van der Waals surface area contributed by atoms with Crippen molar-refractivity contribution in [2.75, 3.05) is 19.7 Å². The maximum Gasteiger partial charge on any atom is 0.308 e. The number of hydrogen-bond donors (Lipinski definition) is 1. The van der Waals surface area contributed by atoms with Crippen molar-refractivity contribution >= 4 is 11.9 Å². The Bertz CT molecular complexity index is 582. The van der Waals surface area contributed by atoms with Crippen molar-refractivity contribution in [2.45, 2.75) is 19.8 Å². The lowest BCUT2D eigenvalue weighted by atomic mass is 9.97. The van der Waals surface area contributed by atoms with Crippen LogP contribution in [0, 0.1) is 5.92 Å². The molecule has 1 aliphatic rings. The van der Waals surface area contributed by atoms with E-state index in [9.17, 15) is 9.59 Å². The summed E-state index contributed by atoms with van der Waals surface area (Å²) >= 11 is 0. The number of aliphatic carboxylic acids is 1. The van der Waals surface area contributed by atoms with Gasteiger partial charge in [-0.15, -0.1) is 0 Å². The lowest BCUT2D eigenvalue weighted by Gasteiger charge is -2.30. The molecule has 1 aromatic rings. The quantitative estimate of drug-likeness (QED) is 0.849. The van der Waals surface area contributed by atoms with Crippen LogP contribution in [-0.4, -0.2) is 41.6 Å². The van der Waals surface area contributed by atoms with Crippen LogP contribution in [-0.2, 0) is 4.79 Å². The largest absolute Gasteiger partial charge is 0.489 e. The third-order valence-electron chi connectivity index (χ3n) is 3.62. The van der Waals surface area contributed by atoms with Gasteiger partial charge in [0, 0.05) is 18.7 Å². The minimum Gasteiger partial charge on any atom is -0.489 e. The van der Waals surface area contributed by atoms with Crippen molar-refractivity contribution in [3.8, 4) is 5.75 Å². The van der Waals surface area contributed by atoms with Gasteiger partial charge in [-0.1, -0.05) is 12.6 Å². The van der Waals surface area contributed by atoms with Crippen molar-refractivity contribution in [3.63, 3.8) is 0 Å². The molecular weight excluding hydrogens is 282 g/mol. The molecule has 1 aliphatic heterocycles. The summed E-state index contributed by atoms with van der Waals surface area (Å²) in [6, 6.07) is 6.96. The normalized spacial score (nSPS) is 17.9. The Balaban J connectivity index is 2.07. The Kier molecular flexibility index (Phi) is 5.20. The molecule has 1 saturated heterocycles. The summed E-state index contributed by atoms with van der Waals surface area (Å²) in [7, 11) is 0. The predicted molar refractivity (Wildman–Crippen MR) is 83.0 cm³/mol. The SMILES string of the molecule is C=C(C)COc1cccc(C(=O)N2CCC[C@H](C(=O)O)C2)c1. The Morgan fingerprint density at radius 3 is 2.91 bits per heavy atom. The van der Waals surface area contributed by atoms with Crippen LogP contribution in [0.5, 0.6) is 5.75 Å². The number of carboxylic acids is 1. The smallest absolute Gasteiger partial charge is 0.308 e. The van der Waals surface area contributed by atoms with E-state index in [2.05, 4.69) is 6.58 Å². The van der Waals surface area contributed by atoms with Gasteiger partial charge in [0.05, 0.1) is 5.92 Å². The Hall–Kier alpha value is -2.30. The molecule has 0 saturated carbocycles. The van der Waals surface area contributed by atoms with Crippen LogP contribution in [0.3, 0.4) is 0 Å². The van der Waals surface area contributed by atoms with E-state index in [1.165, 1.54) is 0 Å². The first-order valence-corrected chi connectivity index (χ1v) is 7.36. The van der Waals surface area contributed by atoms with Gasteiger partial charge in [0.1, 0.15) is 12.4 Å². The Labute approximate surface area is 130 Å². The number of hydrogen-bond acceptors (Lipinski definition) is 3. The van der Waals surface area contributed by atoms with Crippen molar-refractivity contribution in [1.82, 2.24) is 4.90 Å². The summed E-state index contributed by atoms with van der Waals surface area (Å²) in [5.74, 6) is -0.844. The summed E-state index contributed by atoms with van der Waals surface area (Å²) in [6.45, 7) is 6.91. The van der Waals surface area contributed by atoms with E-state index in [0.717, 1.165) is 5.57 Å². The number of nitrogens with zero attached hydrogens (tertiary/aromatic N) is 1. The summed E-state index contributed by atoms with van der Waals surface area (Å²) in [5.41, 5.74) is 1.42. The van der Waals surface area contributed by atoms with Gasteiger partial charge in [-0.25, -0.2) is 0 Å². The van der Waals surface area contributed by atoms with Gasteiger partial charge in [0.15, 0.2) is 0 Å². The number of ether oxygens (including phenoxy) is 1. The third-order valence-corrected chi connectivity index (χ3v) is 3.62. The highest BCUT2D eigenvalue weighted by atomic mass is 16.5. The van der Waals surface area contributed by atoms with E-state index in [1.54, 1.807) is 29.2 Å². The second kappa shape index (κ2) is 7.11. The fourth-order valence-electron chi connectivity index (χ4n) is 2.47. The molecule has 0 aliphatic carbocycles. The van der Waals surface area contributed by atoms with Crippen LogP contribution in [0.15, 0.2) is 36.4 Å². The highest BCUT2D eigenvalue weighted by Gasteiger charge is 2.28. The van der Waals surface area contributed by atoms with Crippen LogP contribution >= 0.6 is 0 Å². The van der Waals surface area contributed by atoms with E-state index in [0.29, 0.717) is 37.3 Å². The minimum atomic E-state index is -0.837. The first-order valence-electron chi connectivity index (χ1n) is 7.36. The molecule has 0 unspecified atom stereocenters. The lowest BCUT2D eigenvalue weighted by Crippen LogP contribution is -2.42. The fraction of sp³-hybridized carbons (Fsp3) is 0.412. The molecule has 22 heavy (non-hydrogen) atoms. The zero-order valence-corrected chi connectivity index (χ0v) is 12.7. The van der Waals surface area contributed by atoms with Crippen LogP contribution < -0.4 is 4.74 Å². The van der Waals surface area contributed by atoms with Gasteiger partial charge in [0.25, 0.3) is 5.91 Å². The maximum atomic E-state index is 12.5. The van der Waals surface area contributed by atoms with Gasteiger partial charge < -0.3 is 14.7 Å². The molecule has 1 fully saturated rings. The molecule has 1 atom stereocenters. The topological polar surface area (TPSA) is 66.8 Å². The molecule has 0 aromatic heterocycles. The van der Waals surface area contributed by atoms with Crippen LogP contribution in [0.4, 0.5) is 0 Å². The van der Waals surface area contributed by atoms with Crippen molar-refractivity contribution in [1.29, 1.82) is 0 Å². The van der Waals surface area contributed by atoms with Crippen molar-refractivity contribution < 1.29 is 19.4 Å². The third kappa shape index (κ3) is 4.10. The number of likely N-dealkylation sites (tertiary alicyclic amines) is 1. The molecular formula is C17H21NO4. The fourth-order valence-corrected chi connectivity index (χ4v) is 2.47. The highest BCUT2D eigenvalue weighted by Crippen LogP contribution is 2.21. The number of benzene rings is 1. The molecule has 5 heteroatoms. The first kappa shape index (κ1) is 16.1. The van der Waals surface area contributed by atoms with E-state index in [4.69, 9.17) is 9.84 Å². The number of rotatable bonds is 5. The molecule has 0 bridgehead atoms. The summed E-state index contributed by atoms with van der Waals surface area (Å²) < 4.78 is 5.54. The predicted octanol–water partition coefficient (Wildman–Crippen LogP) is 2.58. The van der Waals surface area contributed by atoms with Crippen LogP contribution in [0.1, 0.15) is 30.1 Å². The number of piperidine rings is 1. The summed E-state index contributed by atoms with van der Waals surface area (Å²) in [5, 5.41) is 9.11. The molecule has 5 nitrogen and oxygen atoms in total. The first-order chi connectivity index (χ1) is 10.5. The highest BCUT2D eigenvalue weighted by molar-refractivity contribution is 5.95. The Morgan fingerprint density at radius 2 is 2.23 bits per heavy atom. The monoisotopic (exact) mass is 303 g/mol. The van der Waals surface area contributed by atoms with E-state index >= 15 is 0 Å². The number of carbonyl (C=O) groups is 2. The lowest BCUT2D eigenvalue weighted by molar-refractivity contribution is -0.143. The van der Waals surface area contributed by atoms with Gasteiger partial charge in [-0.3, -0.25) is 9.59 Å². The van der Waals surface area contributed by atoms with E-state index < -0.39 is 11.9 Å². The Morgan fingerprint density at radius 1 is 1.45 bits per heavy atom. The summed E-state index contributed by atoms with van der Waals surface area (Å²) in [4.78, 5) is 25.2.